The Hall–Kier alpha value is -2.15. The van der Waals surface area contributed by atoms with Gasteiger partial charge in [0.05, 0.1) is 26.4 Å². The SMILES string of the molecule is Cc1cc(C)c(C(=O)P(=O)(OCCCOCCOCCC[OH2+])C(=O)c2c(C)cc(C)cc2C)c(C)c1. The van der Waals surface area contributed by atoms with E-state index >= 15 is 0 Å². The van der Waals surface area contributed by atoms with Crippen molar-refractivity contribution in [3.05, 3.63) is 68.8 Å². The standard InChI is InChI=1S/C28H39O7P/c1-19-15-21(3)25(22(4)16-19)27(30)36(32,28(31)26-23(5)17-20(2)18-24(26)6)35-12-8-11-34-14-13-33-10-7-9-29/h15-18,29H,7-14H2,1-6H3/p+1. The van der Waals surface area contributed by atoms with Crippen LogP contribution in [0.4, 0.5) is 0 Å². The summed E-state index contributed by atoms with van der Waals surface area (Å²) < 4.78 is 30.8. The fourth-order valence-electron chi connectivity index (χ4n) is 4.39. The molecule has 2 aromatic carbocycles. The molecule has 0 radical (unpaired) electrons. The smallest absolute Gasteiger partial charge is 0.340 e. The van der Waals surface area contributed by atoms with Gasteiger partial charge in [0.25, 0.3) is 11.0 Å². The van der Waals surface area contributed by atoms with E-state index < -0.39 is 18.4 Å². The third-order valence-corrected chi connectivity index (χ3v) is 7.92. The molecule has 36 heavy (non-hydrogen) atoms. The summed E-state index contributed by atoms with van der Waals surface area (Å²) in [5, 5.41) is 7.09. The fourth-order valence-corrected chi connectivity index (χ4v) is 6.49. The molecule has 2 aromatic rings. The Kier molecular flexibility index (Phi) is 11.7. The van der Waals surface area contributed by atoms with E-state index in [0.29, 0.717) is 68.1 Å². The molecule has 2 N–H and O–H groups in total. The van der Waals surface area contributed by atoms with Crippen molar-refractivity contribution in [3.63, 3.8) is 0 Å². The molecule has 0 saturated carbocycles. The lowest BCUT2D eigenvalue weighted by Gasteiger charge is -2.21. The quantitative estimate of drug-likeness (QED) is 0.179. The number of hydrogen-bond acceptors (Lipinski definition) is 6. The zero-order valence-corrected chi connectivity index (χ0v) is 23.3. The molecule has 7 nitrogen and oxygen atoms in total. The van der Waals surface area contributed by atoms with Gasteiger partial charge in [-0.15, -0.1) is 0 Å². The predicted octanol–water partition coefficient (Wildman–Crippen LogP) is 5.35. The van der Waals surface area contributed by atoms with Crippen molar-refractivity contribution in [3.8, 4) is 0 Å². The molecule has 198 valence electrons. The second-order valence-corrected chi connectivity index (χ2v) is 11.4. The summed E-state index contributed by atoms with van der Waals surface area (Å²) in [6, 6.07) is 7.38. The number of aryl methyl sites for hydroxylation is 6. The van der Waals surface area contributed by atoms with Crippen LogP contribution < -0.4 is 0 Å². The molecule has 8 heteroatoms. The summed E-state index contributed by atoms with van der Waals surface area (Å²) in [7, 11) is -4.43. The van der Waals surface area contributed by atoms with Gasteiger partial charge in [-0.05, 0) is 70.2 Å². The minimum atomic E-state index is -4.43. The van der Waals surface area contributed by atoms with Gasteiger partial charge in [-0.2, -0.15) is 0 Å². The van der Waals surface area contributed by atoms with Crippen LogP contribution in [0.15, 0.2) is 24.3 Å². The summed E-state index contributed by atoms with van der Waals surface area (Å²) in [6.45, 7) is 12.9. The van der Waals surface area contributed by atoms with Crippen molar-refractivity contribution in [1.29, 1.82) is 0 Å². The van der Waals surface area contributed by atoms with Gasteiger partial charge in [0.1, 0.15) is 6.61 Å². The minimum Gasteiger partial charge on any atom is -0.445 e. The van der Waals surface area contributed by atoms with Crippen LogP contribution in [0.1, 0.15) is 66.9 Å². The van der Waals surface area contributed by atoms with Gasteiger partial charge in [-0.25, -0.2) is 0 Å². The Labute approximate surface area is 214 Å². The Morgan fingerprint density at radius 3 is 1.44 bits per heavy atom. The third kappa shape index (κ3) is 7.67. The first kappa shape index (κ1) is 30.1. The molecule has 0 fully saturated rings. The maximum Gasteiger partial charge on any atom is 0.340 e. The molecular formula is C28H40O7P+. The van der Waals surface area contributed by atoms with Crippen LogP contribution in [0.3, 0.4) is 0 Å². The van der Waals surface area contributed by atoms with Crippen LogP contribution in [0.5, 0.6) is 0 Å². The zero-order valence-electron chi connectivity index (χ0n) is 22.4. The Morgan fingerprint density at radius 2 is 1.06 bits per heavy atom. The van der Waals surface area contributed by atoms with Crippen molar-refractivity contribution in [2.75, 3.05) is 39.6 Å². The fraction of sp³-hybridized carbons (Fsp3) is 0.500. The molecule has 2 rings (SSSR count). The maximum absolute atomic E-state index is 14.2. The van der Waals surface area contributed by atoms with Crippen LogP contribution in [-0.2, 0) is 18.6 Å². The average Bonchev–Trinajstić information content (AvgIpc) is 2.78. The molecule has 0 saturated heterocycles. The van der Waals surface area contributed by atoms with E-state index in [2.05, 4.69) is 0 Å². The largest absolute Gasteiger partial charge is 0.445 e. The van der Waals surface area contributed by atoms with E-state index in [1.807, 2.05) is 38.1 Å². The average molecular weight is 520 g/mol. The molecule has 0 aromatic heterocycles. The summed E-state index contributed by atoms with van der Waals surface area (Å²) in [5.41, 5.74) is 3.67. The highest BCUT2D eigenvalue weighted by molar-refractivity contribution is 7.91. The summed E-state index contributed by atoms with van der Waals surface area (Å²) >= 11 is 0. The molecule has 0 aliphatic heterocycles. The Bertz CT molecular complexity index is 1000. The predicted molar refractivity (Wildman–Crippen MR) is 143 cm³/mol. The summed E-state index contributed by atoms with van der Waals surface area (Å²) in [6.07, 6.45) is 1.06. The van der Waals surface area contributed by atoms with Crippen LogP contribution in [0, 0.1) is 41.5 Å². The van der Waals surface area contributed by atoms with Crippen LogP contribution >= 0.6 is 7.37 Å². The van der Waals surface area contributed by atoms with Crippen molar-refractivity contribution in [2.45, 2.75) is 54.4 Å². The van der Waals surface area contributed by atoms with Gasteiger partial charge in [0, 0.05) is 24.2 Å². The first-order chi connectivity index (χ1) is 17.0. The van der Waals surface area contributed by atoms with Crippen LogP contribution in [0.25, 0.3) is 0 Å². The lowest BCUT2D eigenvalue weighted by molar-refractivity contribution is 0.0389. The molecule has 0 aliphatic carbocycles. The van der Waals surface area contributed by atoms with E-state index in [-0.39, 0.29) is 17.7 Å². The third-order valence-electron chi connectivity index (χ3n) is 5.86. The number of ether oxygens (including phenoxy) is 2. The second-order valence-electron chi connectivity index (χ2n) is 9.22. The summed E-state index contributed by atoms with van der Waals surface area (Å²) in [4.78, 5) is 27.5. The number of benzene rings is 2. The monoisotopic (exact) mass is 519 g/mol. The van der Waals surface area contributed by atoms with Gasteiger partial charge >= 0.3 is 7.37 Å². The zero-order chi connectivity index (χ0) is 26.9. The molecule has 0 aliphatic rings. The van der Waals surface area contributed by atoms with Crippen molar-refractivity contribution in [2.24, 2.45) is 0 Å². The van der Waals surface area contributed by atoms with E-state index in [1.54, 1.807) is 27.7 Å². The topological polar surface area (TPSA) is 102 Å². The van der Waals surface area contributed by atoms with Crippen LogP contribution in [0.2, 0.25) is 0 Å². The van der Waals surface area contributed by atoms with Gasteiger partial charge in [-0.1, -0.05) is 35.4 Å². The van der Waals surface area contributed by atoms with E-state index in [1.165, 1.54) is 0 Å². The van der Waals surface area contributed by atoms with E-state index in [0.717, 1.165) is 11.1 Å². The molecule has 0 spiro atoms. The Morgan fingerprint density at radius 1 is 0.667 bits per heavy atom. The number of carbonyl (C=O) groups is 2. The highest BCUT2D eigenvalue weighted by atomic mass is 31.2. The van der Waals surface area contributed by atoms with Gasteiger partial charge < -0.3 is 19.1 Å². The van der Waals surface area contributed by atoms with Crippen LogP contribution in [-0.4, -0.2) is 55.8 Å². The molecule has 0 unspecified atom stereocenters. The van der Waals surface area contributed by atoms with E-state index in [4.69, 9.17) is 19.1 Å². The van der Waals surface area contributed by atoms with Gasteiger partial charge in [0.15, 0.2) is 0 Å². The maximum atomic E-state index is 14.2. The number of carbonyl (C=O) groups excluding carboxylic acids is 2. The number of rotatable bonds is 15. The number of hydrogen-bond donors (Lipinski definition) is 0. The normalized spacial score (nSPS) is 11.6. The van der Waals surface area contributed by atoms with Crippen molar-refractivity contribution in [1.82, 2.24) is 0 Å². The first-order valence-electron chi connectivity index (χ1n) is 12.3. The molecule has 0 heterocycles. The molecule has 0 amide bonds. The lowest BCUT2D eigenvalue weighted by Crippen LogP contribution is -2.18. The van der Waals surface area contributed by atoms with E-state index in [9.17, 15) is 14.2 Å². The molecule has 0 atom stereocenters. The van der Waals surface area contributed by atoms with Gasteiger partial charge in [-0.3, -0.25) is 14.2 Å². The Balaban J connectivity index is 2.24. The molecular weight excluding hydrogens is 479 g/mol. The highest BCUT2D eigenvalue weighted by Crippen LogP contribution is 2.54. The highest BCUT2D eigenvalue weighted by Gasteiger charge is 2.44. The van der Waals surface area contributed by atoms with Crippen molar-refractivity contribution >= 4 is 18.4 Å². The second kappa shape index (κ2) is 14.0. The first-order valence-corrected chi connectivity index (χ1v) is 14.0. The minimum absolute atomic E-state index is 0.0532. The van der Waals surface area contributed by atoms with Gasteiger partial charge in [0.2, 0.25) is 0 Å². The lowest BCUT2D eigenvalue weighted by atomic mass is 10.0. The van der Waals surface area contributed by atoms with Crippen molar-refractivity contribution < 1.29 is 33.3 Å². The summed E-state index contributed by atoms with van der Waals surface area (Å²) in [5.74, 6) is 0. The molecule has 0 bridgehead atoms.